The second-order valence-electron chi connectivity index (χ2n) is 3.81. The predicted octanol–water partition coefficient (Wildman–Crippen LogP) is -0.513. The van der Waals surface area contributed by atoms with Crippen molar-refractivity contribution in [3.63, 3.8) is 0 Å². The highest BCUT2D eigenvalue weighted by molar-refractivity contribution is 7.88. The molecule has 0 aliphatic heterocycles. The summed E-state index contributed by atoms with van der Waals surface area (Å²) >= 11 is 0. The zero-order chi connectivity index (χ0) is 14.5. The lowest BCUT2D eigenvalue weighted by Gasteiger charge is -2.06. The molecule has 0 aliphatic carbocycles. The van der Waals surface area contributed by atoms with Crippen LogP contribution >= 0.6 is 0 Å². The van der Waals surface area contributed by atoms with E-state index in [4.69, 9.17) is 10.0 Å². The summed E-state index contributed by atoms with van der Waals surface area (Å²) in [6, 6.07) is 5.54. The molecular formula is C9H13BN2O6S. The van der Waals surface area contributed by atoms with Crippen LogP contribution in [0.5, 0.6) is 0 Å². The minimum absolute atomic E-state index is 0.0737. The maximum absolute atomic E-state index is 11.7. The lowest BCUT2D eigenvalue weighted by molar-refractivity contribution is -0.385. The van der Waals surface area contributed by atoms with Crippen molar-refractivity contribution < 1.29 is 23.4 Å². The van der Waals surface area contributed by atoms with E-state index in [1.54, 1.807) is 0 Å². The van der Waals surface area contributed by atoms with Gasteiger partial charge in [-0.25, -0.2) is 13.1 Å². The smallest absolute Gasteiger partial charge is 0.427 e. The molecule has 0 fully saturated rings. The van der Waals surface area contributed by atoms with E-state index in [0.29, 0.717) is 0 Å². The summed E-state index contributed by atoms with van der Waals surface area (Å²) in [7, 11) is -5.37. The maximum Gasteiger partial charge on any atom is 0.452 e. The molecule has 8 nitrogen and oxygen atoms in total. The van der Waals surface area contributed by atoms with Crippen LogP contribution in [0.3, 0.4) is 0 Å². The molecule has 0 amide bonds. The normalized spacial score (nSPS) is 11.3. The summed E-state index contributed by atoms with van der Waals surface area (Å²) in [6.45, 7) is -0.152. The van der Waals surface area contributed by atoms with Crippen molar-refractivity contribution in [2.45, 2.75) is 12.1 Å². The first-order chi connectivity index (χ1) is 8.82. The Labute approximate surface area is 110 Å². The molecule has 0 atom stereocenters. The highest BCUT2D eigenvalue weighted by atomic mass is 32.2. The van der Waals surface area contributed by atoms with Gasteiger partial charge in [-0.1, -0.05) is 18.2 Å². The van der Waals surface area contributed by atoms with Crippen LogP contribution in [0.25, 0.3) is 0 Å². The summed E-state index contributed by atoms with van der Waals surface area (Å²) < 4.78 is 25.5. The SMILES string of the molecule is O=[N+]([O-])c1ccccc1CS(=O)(=O)NCCB(O)O. The van der Waals surface area contributed by atoms with Gasteiger partial charge in [0, 0.05) is 18.2 Å². The topological polar surface area (TPSA) is 130 Å². The minimum Gasteiger partial charge on any atom is -0.427 e. The van der Waals surface area contributed by atoms with Crippen molar-refractivity contribution in [2.24, 2.45) is 0 Å². The standard InChI is InChI=1S/C9H13BN2O6S/c13-10(14)5-6-11-19(17,18)7-8-3-1-2-4-9(8)12(15)16/h1-4,11,13-14H,5-7H2. The maximum atomic E-state index is 11.7. The van der Waals surface area contributed by atoms with E-state index >= 15 is 0 Å². The molecular weight excluding hydrogens is 275 g/mol. The van der Waals surface area contributed by atoms with E-state index in [0.717, 1.165) is 0 Å². The molecule has 0 saturated carbocycles. The van der Waals surface area contributed by atoms with Crippen molar-refractivity contribution in [2.75, 3.05) is 6.54 Å². The Morgan fingerprint density at radius 1 is 1.32 bits per heavy atom. The average molecular weight is 288 g/mol. The van der Waals surface area contributed by atoms with E-state index in [2.05, 4.69) is 4.72 Å². The lowest BCUT2D eigenvalue weighted by Crippen LogP contribution is -2.29. The number of rotatable bonds is 7. The molecule has 0 aromatic heterocycles. The summed E-state index contributed by atoms with van der Waals surface area (Å²) in [4.78, 5) is 10.1. The first kappa shape index (κ1) is 15.6. The number of sulfonamides is 1. The number of benzene rings is 1. The molecule has 0 radical (unpaired) electrons. The van der Waals surface area contributed by atoms with E-state index in [1.165, 1.54) is 24.3 Å². The Balaban J connectivity index is 2.76. The van der Waals surface area contributed by atoms with Gasteiger partial charge in [-0.3, -0.25) is 10.1 Å². The van der Waals surface area contributed by atoms with Gasteiger partial charge in [-0.2, -0.15) is 0 Å². The molecule has 1 aromatic carbocycles. The van der Waals surface area contributed by atoms with Gasteiger partial charge in [0.05, 0.1) is 10.7 Å². The van der Waals surface area contributed by atoms with Crippen LogP contribution in [0.4, 0.5) is 5.69 Å². The largest absolute Gasteiger partial charge is 0.452 e. The van der Waals surface area contributed by atoms with Crippen LogP contribution in [0.1, 0.15) is 5.56 Å². The van der Waals surface area contributed by atoms with Crippen molar-refractivity contribution in [3.05, 3.63) is 39.9 Å². The number of nitro benzene ring substituents is 1. The number of nitrogens with zero attached hydrogens (tertiary/aromatic N) is 1. The van der Waals surface area contributed by atoms with Crippen LogP contribution in [-0.2, 0) is 15.8 Å². The second kappa shape index (κ2) is 6.61. The quantitative estimate of drug-likeness (QED) is 0.352. The van der Waals surface area contributed by atoms with Crippen molar-refractivity contribution >= 4 is 22.8 Å². The number of hydrogen-bond donors (Lipinski definition) is 3. The Morgan fingerprint density at radius 3 is 2.53 bits per heavy atom. The van der Waals surface area contributed by atoms with Gasteiger partial charge in [0.1, 0.15) is 0 Å². The average Bonchev–Trinajstić information content (AvgIpc) is 2.27. The number of hydrogen-bond acceptors (Lipinski definition) is 6. The Morgan fingerprint density at radius 2 is 1.95 bits per heavy atom. The minimum atomic E-state index is -3.76. The molecule has 104 valence electrons. The summed E-state index contributed by atoms with van der Waals surface area (Å²) in [5, 5.41) is 27.9. The molecule has 3 N–H and O–H groups in total. The molecule has 0 spiro atoms. The Bertz CT molecular complexity index is 547. The zero-order valence-corrected chi connectivity index (χ0v) is 10.7. The highest BCUT2D eigenvalue weighted by Gasteiger charge is 2.19. The van der Waals surface area contributed by atoms with Crippen molar-refractivity contribution in [1.29, 1.82) is 0 Å². The summed E-state index contributed by atoms with van der Waals surface area (Å²) in [6.07, 6.45) is -0.157. The predicted molar refractivity (Wildman–Crippen MR) is 68.7 cm³/mol. The van der Waals surface area contributed by atoms with Crippen LogP contribution < -0.4 is 4.72 Å². The number of para-hydroxylation sites is 1. The number of nitro groups is 1. The van der Waals surface area contributed by atoms with E-state index in [-0.39, 0.29) is 24.1 Å². The molecule has 10 heteroatoms. The second-order valence-corrected chi connectivity index (χ2v) is 5.62. The fraction of sp³-hybridized carbons (Fsp3) is 0.333. The molecule has 19 heavy (non-hydrogen) atoms. The Kier molecular flexibility index (Phi) is 5.42. The fourth-order valence-electron chi connectivity index (χ4n) is 1.41. The first-order valence-electron chi connectivity index (χ1n) is 5.37. The van der Waals surface area contributed by atoms with Gasteiger partial charge in [-0.15, -0.1) is 0 Å². The van der Waals surface area contributed by atoms with E-state index < -0.39 is 27.8 Å². The summed E-state index contributed by atoms with van der Waals surface area (Å²) in [5.74, 6) is -0.536. The molecule has 1 aromatic rings. The van der Waals surface area contributed by atoms with Crippen LogP contribution in [0.15, 0.2) is 24.3 Å². The first-order valence-corrected chi connectivity index (χ1v) is 7.03. The fourth-order valence-corrected chi connectivity index (χ4v) is 2.59. The van der Waals surface area contributed by atoms with Crippen molar-refractivity contribution in [3.8, 4) is 0 Å². The van der Waals surface area contributed by atoms with E-state index in [1.807, 2.05) is 0 Å². The lowest BCUT2D eigenvalue weighted by atomic mass is 9.87. The molecule has 0 aliphatic rings. The molecule has 0 heterocycles. The molecule has 1 rings (SSSR count). The van der Waals surface area contributed by atoms with Crippen LogP contribution in [-0.4, -0.2) is 37.1 Å². The third-order valence-electron chi connectivity index (χ3n) is 2.26. The summed E-state index contributed by atoms with van der Waals surface area (Å²) in [5.41, 5.74) is -0.195. The van der Waals surface area contributed by atoms with Crippen molar-refractivity contribution in [1.82, 2.24) is 4.72 Å². The third kappa shape index (κ3) is 5.34. The molecule has 0 bridgehead atoms. The van der Waals surface area contributed by atoms with Crippen LogP contribution in [0, 0.1) is 10.1 Å². The van der Waals surface area contributed by atoms with E-state index in [9.17, 15) is 18.5 Å². The zero-order valence-electron chi connectivity index (χ0n) is 9.89. The van der Waals surface area contributed by atoms with Gasteiger partial charge in [0.2, 0.25) is 10.0 Å². The van der Waals surface area contributed by atoms with Gasteiger partial charge in [0.25, 0.3) is 5.69 Å². The van der Waals surface area contributed by atoms with Crippen LogP contribution in [0.2, 0.25) is 6.32 Å². The van der Waals surface area contributed by atoms with Gasteiger partial charge in [0.15, 0.2) is 0 Å². The van der Waals surface area contributed by atoms with Gasteiger partial charge in [-0.05, 0) is 6.32 Å². The third-order valence-corrected chi connectivity index (χ3v) is 3.59. The molecule has 0 saturated heterocycles. The monoisotopic (exact) mass is 288 g/mol. The van der Waals surface area contributed by atoms with Gasteiger partial charge < -0.3 is 10.0 Å². The highest BCUT2D eigenvalue weighted by Crippen LogP contribution is 2.19. The molecule has 0 unspecified atom stereocenters. The Hall–Kier alpha value is -1.49. The van der Waals surface area contributed by atoms with Gasteiger partial charge >= 0.3 is 7.12 Å². The number of nitrogens with one attached hydrogen (secondary N) is 1.